The highest BCUT2D eigenvalue weighted by atomic mass is 16.5. The zero-order valence-electron chi connectivity index (χ0n) is 14.1. The number of nitrogens with zero attached hydrogens (tertiary/aromatic N) is 2. The third-order valence-corrected chi connectivity index (χ3v) is 3.80. The smallest absolute Gasteiger partial charge is 0.337 e. The van der Waals surface area contributed by atoms with E-state index in [1.165, 1.54) is 7.11 Å². The Bertz CT molecular complexity index is 763. The summed E-state index contributed by atoms with van der Waals surface area (Å²) in [5.41, 5.74) is 4.03. The molecule has 2 aromatic rings. The van der Waals surface area contributed by atoms with Crippen molar-refractivity contribution in [2.24, 2.45) is 0 Å². The van der Waals surface area contributed by atoms with Crippen LogP contribution in [0.3, 0.4) is 0 Å². The molecule has 1 heterocycles. The predicted octanol–water partition coefficient (Wildman–Crippen LogP) is 2.87. The molecule has 0 saturated heterocycles. The fraction of sp³-hybridized carbons (Fsp3) is 0.353. The van der Waals surface area contributed by atoms with Gasteiger partial charge in [0.05, 0.1) is 23.9 Å². The van der Waals surface area contributed by atoms with E-state index in [9.17, 15) is 9.59 Å². The number of amides is 1. The normalized spacial score (nSPS) is 10.5. The van der Waals surface area contributed by atoms with Crippen LogP contribution in [0.5, 0.6) is 0 Å². The van der Waals surface area contributed by atoms with E-state index in [1.807, 2.05) is 27.7 Å². The summed E-state index contributed by atoms with van der Waals surface area (Å²) in [6, 6.07) is 5.02. The molecule has 0 bridgehead atoms. The summed E-state index contributed by atoms with van der Waals surface area (Å²) in [4.78, 5) is 24.1. The largest absolute Gasteiger partial charge is 0.465 e. The number of benzene rings is 1. The number of aromatic nitrogens is 2. The van der Waals surface area contributed by atoms with E-state index in [1.54, 1.807) is 22.9 Å². The van der Waals surface area contributed by atoms with Gasteiger partial charge in [0.15, 0.2) is 0 Å². The molecule has 0 aliphatic carbocycles. The molecule has 0 spiro atoms. The van der Waals surface area contributed by atoms with E-state index in [-0.39, 0.29) is 5.91 Å². The van der Waals surface area contributed by atoms with Crippen molar-refractivity contribution in [1.82, 2.24) is 9.78 Å². The maximum atomic E-state index is 12.6. The molecule has 0 aliphatic rings. The summed E-state index contributed by atoms with van der Waals surface area (Å²) < 4.78 is 6.49. The second-order valence-electron chi connectivity index (χ2n) is 5.34. The monoisotopic (exact) mass is 315 g/mol. The molecule has 0 saturated carbocycles. The SMILES string of the molecule is CCn1nc(C)c(C(=O)Nc2ccc(C(=O)OC)cc2C)c1C. The highest BCUT2D eigenvalue weighted by Crippen LogP contribution is 2.20. The molecular weight excluding hydrogens is 294 g/mol. The summed E-state index contributed by atoms with van der Waals surface area (Å²) in [7, 11) is 1.34. The van der Waals surface area contributed by atoms with Crippen molar-refractivity contribution < 1.29 is 14.3 Å². The second kappa shape index (κ2) is 6.64. The lowest BCUT2D eigenvalue weighted by Gasteiger charge is -2.10. The highest BCUT2D eigenvalue weighted by Gasteiger charge is 2.19. The fourth-order valence-corrected chi connectivity index (χ4v) is 2.57. The van der Waals surface area contributed by atoms with Crippen LogP contribution in [-0.4, -0.2) is 28.8 Å². The number of hydrogen-bond acceptors (Lipinski definition) is 4. The van der Waals surface area contributed by atoms with E-state index < -0.39 is 5.97 Å². The standard InChI is InChI=1S/C17H21N3O3/c1-6-20-12(4)15(11(3)19-20)16(21)18-14-8-7-13(9-10(14)2)17(22)23-5/h7-9H,6H2,1-5H3,(H,18,21). The van der Waals surface area contributed by atoms with Crippen LogP contribution in [0.2, 0.25) is 0 Å². The number of rotatable bonds is 4. The van der Waals surface area contributed by atoms with Crippen molar-refractivity contribution in [1.29, 1.82) is 0 Å². The van der Waals surface area contributed by atoms with Crippen molar-refractivity contribution in [2.75, 3.05) is 12.4 Å². The van der Waals surface area contributed by atoms with Crippen LogP contribution in [0.4, 0.5) is 5.69 Å². The van der Waals surface area contributed by atoms with Crippen molar-refractivity contribution in [3.05, 3.63) is 46.3 Å². The van der Waals surface area contributed by atoms with E-state index in [0.717, 1.165) is 11.3 Å². The van der Waals surface area contributed by atoms with Crippen LogP contribution in [0.25, 0.3) is 0 Å². The van der Waals surface area contributed by atoms with Crippen LogP contribution in [-0.2, 0) is 11.3 Å². The number of carbonyl (C=O) groups excluding carboxylic acids is 2. The van der Waals surface area contributed by atoms with Crippen LogP contribution < -0.4 is 5.32 Å². The maximum absolute atomic E-state index is 12.6. The molecule has 1 aromatic heterocycles. The van der Waals surface area contributed by atoms with E-state index in [0.29, 0.717) is 29.1 Å². The lowest BCUT2D eigenvalue weighted by molar-refractivity contribution is 0.0600. The summed E-state index contributed by atoms with van der Waals surface area (Å²) in [6.07, 6.45) is 0. The first-order valence-corrected chi connectivity index (χ1v) is 7.43. The molecule has 0 unspecified atom stereocenters. The van der Waals surface area contributed by atoms with Gasteiger partial charge in [-0.3, -0.25) is 9.48 Å². The Kier molecular flexibility index (Phi) is 4.83. The van der Waals surface area contributed by atoms with Gasteiger partial charge in [-0.05, 0) is 51.5 Å². The van der Waals surface area contributed by atoms with Gasteiger partial charge in [0.25, 0.3) is 5.91 Å². The van der Waals surface area contributed by atoms with E-state index in [4.69, 9.17) is 4.74 Å². The van der Waals surface area contributed by atoms with Gasteiger partial charge >= 0.3 is 5.97 Å². The Morgan fingerprint density at radius 3 is 2.48 bits per heavy atom. The molecule has 1 amide bonds. The van der Waals surface area contributed by atoms with Crippen LogP contribution in [0.1, 0.15) is 44.6 Å². The summed E-state index contributed by atoms with van der Waals surface area (Å²) in [5, 5.41) is 7.24. The minimum atomic E-state index is -0.401. The minimum absolute atomic E-state index is 0.200. The van der Waals surface area contributed by atoms with Gasteiger partial charge in [0, 0.05) is 17.9 Å². The Morgan fingerprint density at radius 2 is 1.96 bits per heavy atom. The number of esters is 1. The van der Waals surface area contributed by atoms with Crippen molar-refractivity contribution >= 4 is 17.6 Å². The fourth-order valence-electron chi connectivity index (χ4n) is 2.57. The average molecular weight is 315 g/mol. The van der Waals surface area contributed by atoms with Crippen molar-refractivity contribution in [2.45, 2.75) is 34.2 Å². The molecule has 1 aromatic carbocycles. The number of nitrogens with one attached hydrogen (secondary N) is 1. The molecule has 0 fully saturated rings. The van der Waals surface area contributed by atoms with E-state index >= 15 is 0 Å². The lowest BCUT2D eigenvalue weighted by Crippen LogP contribution is -2.15. The number of carbonyl (C=O) groups is 2. The Hall–Kier alpha value is -2.63. The second-order valence-corrected chi connectivity index (χ2v) is 5.34. The number of aryl methyl sites for hydroxylation is 3. The molecule has 2 rings (SSSR count). The molecular formula is C17H21N3O3. The molecule has 6 heteroatoms. The summed E-state index contributed by atoms with van der Waals surface area (Å²) in [6.45, 7) is 8.23. The first-order chi connectivity index (χ1) is 10.9. The molecule has 0 atom stereocenters. The summed E-state index contributed by atoms with van der Waals surface area (Å²) in [5.74, 6) is -0.601. The van der Waals surface area contributed by atoms with Gasteiger partial charge in [-0.25, -0.2) is 4.79 Å². The van der Waals surface area contributed by atoms with Gasteiger partial charge in [-0.15, -0.1) is 0 Å². The van der Waals surface area contributed by atoms with Gasteiger partial charge in [0.1, 0.15) is 0 Å². The predicted molar refractivity (Wildman–Crippen MR) is 87.8 cm³/mol. The number of anilines is 1. The molecule has 0 radical (unpaired) electrons. The third kappa shape index (κ3) is 3.26. The zero-order valence-corrected chi connectivity index (χ0v) is 14.1. The van der Waals surface area contributed by atoms with Gasteiger partial charge < -0.3 is 10.1 Å². The van der Waals surface area contributed by atoms with Crippen LogP contribution in [0, 0.1) is 20.8 Å². The lowest BCUT2D eigenvalue weighted by atomic mass is 10.1. The van der Waals surface area contributed by atoms with Crippen LogP contribution in [0.15, 0.2) is 18.2 Å². The highest BCUT2D eigenvalue weighted by molar-refractivity contribution is 6.06. The van der Waals surface area contributed by atoms with E-state index in [2.05, 4.69) is 10.4 Å². The first kappa shape index (κ1) is 16.7. The van der Waals surface area contributed by atoms with Gasteiger partial charge in [-0.2, -0.15) is 5.10 Å². The van der Waals surface area contributed by atoms with Crippen LogP contribution >= 0.6 is 0 Å². The molecule has 0 aliphatic heterocycles. The zero-order chi connectivity index (χ0) is 17.1. The van der Waals surface area contributed by atoms with Crippen molar-refractivity contribution in [3.63, 3.8) is 0 Å². The topological polar surface area (TPSA) is 73.2 Å². The van der Waals surface area contributed by atoms with Gasteiger partial charge in [-0.1, -0.05) is 0 Å². The first-order valence-electron chi connectivity index (χ1n) is 7.43. The quantitative estimate of drug-likeness (QED) is 0.881. The summed E-state index contributed by atoms with van der Waals surface area (Å²) >= 11 is 0. The molecule has 1 N–H and O–H groups in total. The Labute approximate surface area is 135 Å². The molecule has 23 heavy (non-hydrogen) atoms. The molecule has 6 nitrogen and oxygen atoms in total. The maximum Gasteiger partial charge on any atom is 0.337 e. The number of hydrogen-bond donors (Lipinski definition) is 1. The average Bonchev–Trinajstić information content (AvgIpc) is 2.82. The minimum Gasteiger partial charge on any atom is -0.465 e. The molecule has 122 valence electrons. The third-order valence-electron chi connectivity index (χ3n) is 3.80. The van der Waals surface area contributed by atoms with Gasteiger partial charge in [0.2, 0.25) is 0 Å². The number of ether oxygens (including phenoxy) is 1. The Balaban J connectivity index is 2.27. The number of methoxy groups -OCH3 is 1. The Morgan fingerprint density at radius 1 is 1.26 bits per heavy atom. The van der Waals surface area contributed by atoms with Crippen molar-refractivity contribution in [3.8, 4) is 0 Å².